The van der Waals surface area contributed by atoms with Crippen LogP contribution in [0.1, 0.15) is 0 Å². The first-order chi connectivity index (χ1) is 9.45. The standard InChI is InChI=1S/C18H15B.BrH/c1-4-10-16(11-5-1)19(17-12-6-2-7-13-17)18-14-8-3-9-15-18;/h1-15H;1H. The van der Waals surface area contributed by atoms with Gasteiger partial charge in [0.2, 0.25) is 6.71 Å². The van der Waals surface area contributed by atoms with E-state index < -0.39 is 0 Å². The van der Waals surface area contributed by atoms with E-state index in [0.29, 0.717) is 6.71 Å². The van der Waals surface area contributed by atoms with Crippen LogP contribution in [0.2, 0.25) is 0 Å². The summed E-state index contributed by atoms with van der Waals surface area (Å²) in [6.07, 6.45) is 0. The molecule has 0 aliphatic carbocycles. The molecule has 0 nitrogen and oxygen atoms in total. The van der Waals surface area contributed by atoms with Gasteiger partial charge in [-0.05, 0) is 0 Å². The van der Waals surface area contributed by atoms with Crippen molar-refractivity contribution in [3.05, 3.63) is 91.0 Å². The van der Waals surface area contributed by atoms with E-state index in [0.717, 1.165) is 0 Å². The van der Waals surface area contributed by atoms with Gasteiger partial charge in [-0.15, -0.1) is 17.0 Å². The largest absolute Gasteiger partial charge is 0.241 e. The fraction of sp³-hybridized carbons (Fsp3) is 0. The van der Waals surface area contributed by atoms with Crippen LogP contribution < -0.4 is 16.4 Å². The van der Waals surface area contributed by atoms with Crippen molar-refractivity contribution in [1.82, 2.24) is 0 Å². The Hall–Kier alpha value is -1.80. The summed E-state index contributed by atoms with van der Waals surface area (Å²) in [4.78, 5) is 0. The molecule has 98 valence electrons. The van der Waals surface area contributed by atoms with Crippen molar-refractivity contribution in [3.8, 4) is 0 Å². The predicted octanol–water partition coefficient (Wildman–Crippen LogP) is 2.78. The second-order valence-corrected chi connectivity index (χ2v) is 4.67. The second-order valence-electron chi connectivity index (χ2n) is 4.67. The Kier molecular flexibility index (Phi) is 5.20. The van der Waals surface area contributed by atoms with Crippen LogP contribution >= 0.6 is 17.0 Å². The van der Waals surface area contributed by atoms with Gasteiger partial charge in [-0.25, -0.2) is 0 Å². The molecule has 20 heavy (non-hydrogen) atoms. The number of hydrogen-bond donors (Lipinski definition) is 0. The lowest BCUT2D eigenvalue weighted by molar-refractivity contribution is 1.71. The minimum absolute atomic E-state index is 0. The van der Waals surface area contributed by atoms with E-state index in [4.69, 9.17) is 0 Å². The summed E-state index contributed by atoms with van der Waals surface area (Å²) in [6.45, 7) is 0.309. The zero-order valence-electron chi connectivity index (χ0n) is 11.1. The van der Waals surface area contributed by atoms with Gasteiger partial charge in [0, 0.05) is 0 Å². The first-order valence-corrected chi connectivity index (χ1v) is 6.60. The molecule has 2 heteroatoms. The molecule has 0 saturated heterocycles. The Morgan fingerprint density at radius 2 is 0.650 bits per heavy atom. The molecule has 0 saturated carbocycles. The first kappa shape index (κ1) is 14.6. The highest BCUT2D eigenvalue weighted by atomic mass is 79.9. The summed E-state index contributed by atoms with van der Waals surface area (Å²) >= 11 is 0. The van der Waals surface area contributed by atoms with Crippen LogP contribution in [0.15, 0.2) is 91.0 Å². The van der Waals surface area contributed by atoms with E-state index >= 15 is 0 Å². The Labute approximate surface area is 131 Å². The van der Waals surface area contributed by atoms with Gasteiger partial charge in [0.15, 0.2) is 0 Å². The molecular formula is C18H16BBr. The van der Waals surface area contributed by atoms with Crippen LogP contribution in [-0.2, 0) is 0 Å². The summed E-state index contributed by atoms with van der Waals surface area (Å²) in [5.41, 5.74) is 4.00. The minimum atomic E-state index is 0. The third-order valence-electron chi connectivity index (χ3n) is 3.40. The summed E-state index contributed by atoms with van der Waals surface area (Å²) in [6, 6.07) is 32.0. The van der Waals surface area contributed by atoms with E-state index in [-0.39, 0.29) is 17.0 Å². The molecule has 0 amide bonds. The van der Waals surface area contributed by atoms with Crippen molar-refractivity contribution in [2.45, 2.75) is 0 Å². The maximum Gasteiger partial charge on any atom is 0.241 e. The Morgan fingerprint density at radius 1 is 0.400 bits per heavy atom. The summed E-state index contributed by atoms with van der Waals surface area (Å²) in [5.74, 6) is 0. The second kappa shape index (κ2) is 7.11. The Bertz CT molecular complexity index is 529. The Morgan fingerprint density at radius 3 is 0.900 bits per heavy atom. The van der Waals surface area contributed by atoms with Crippen LogP contribution in [0.4, 0.5) is 0 Å². The van der Waals surface area contributed by atoms with E-state index in [2.05, 4.69) is 91.0 Å². The van der Waals surface area contributed by atoms with Gasteiger partial charge in [0.1, 0.15) is 0 Å². The molecule has 0 unspecified atom stereocenters. The first-order valence-electron chi connectivity index (χ1n) is 6.60. The molecule has 0 bridgehead atoms. The van der Waals surface area contributed by atoms with Crippen LogP contribution in [0.25, 0.3) is 0 Å². The maximum absolute atomic E-state index is 2.20. The fourth-order valence-electron chi connectivity index (χ4n) is 2.51. The fourth-order valence-corrected chi connectivity index (χ4v) is 2.51. The summed E-state index contributed by atoms with van der Waals surface area (Å²) in [5, 5.41) is 0. The normalized spacial score (nSPS) is 9.60. The topological polar surface area (TPSA) is 0 Å². The van der Waals surface area contributed by atoms with E-state index in [1.807, 2.05) is 0 Å². The zero-order chi connectivity index (χ0) is 12.9. The molecular weight excluding hydrogens is 307 g/mol. The molecule has 0 aliphatic heterocycles. The molecule has 0 N–H and O–H groups in total. The van der Waals surface area contributed by atoms with Gasteiger partial charge >= 0.3 is 0 Å². The van der Waals surface area contributed by atoms with Gasteiger partial charge in [-0.3, -0.25) is 0 Å². The Balaban J connectivity index is 0.00000147. The third-order valence-corrected chi connectivity index (χ3v) is 3.40. The number of halogens is 1. The molecule has 0 aromatic heterocycles. The smallest absolute Gasteiger partial charge is 0.114 e. The van der Waals surface area contributed by atoms with Crippen molar-refractivity contribution >= 4 is 40.1 Å². The van der Waals surface area contributed by atoms with Gasteiger partial charge in [-0.2, -0.15) is 0 Å². The average molecular weight is 323 g/mol. The SMILES string of the molecule is Br.c1ccc(B(c2ccccc2)c2ccccc2)cc1. The molecule has 0 atom stereocenters. The number of hydrogen-bond acceptors (Lipinski definition) is 0. The van der Waals surface area contributed by atoms with Gasteiger partial charge in [0.25, 0.3) is 0 Å². The van der Waals surface area contributed by atoms with Crippen LogP contribution in [0.3, 0.4) is 0 Å². The van der Waals surface area contributed by atoms with E-state index in [9.17, 15) is 0 Å². The highest BCUT2D eigenvalue weighted by Gasteiger charge is 2.20. The molecule has 3 rings (SSSR count). The maximum atomic E-state index is 2.20. The van der Waals surface area contributed by atoms with E-state index in [1.54, 1.807) is 0 Å². The summed E-state index contributed by atoms with van der Waals surface area (Å²) in [7, 11) is 0. The van der Waals surface area contributed by atoms with Gasteiger partial charge in [0.05, 0.1) is 0 Å². The number of benzene rings is 3. The molecule has 0 radical (unpaired) electrons. The van der Waals surface area contributed by atoms with Crippen molar-refractivity contribution in [2.75, 3.05) is 0 Å². The lowest BCUT2D eigenvalue weighted by Crippen LogP contribution is -2.51. The molecule has 3 aromatic carbocycles. The van der Waals surface area contributed by atoms with Crippen molar-refractivity contribution in [1.29, 1.82) is 0 Å². The molecule has 0 fully saturated rings. The monoisotopic (exact) mass is 322 g/mol. The van der Waals surface area contributed by atoms with E-state index in [1.165, 1.54) is 16.4 Å². The third kappa shape index (κ3) is 3.20. The van der Waals surface area contributed by atoms with Gasteiger partial charge < -0.3 is 0 Å². The zero-order valence-corrected chi connectivity index (χ0v) is 12.9. The lowest BCUT2D eigenvalue weighted by atomic mass is 9.37. The van der Waals surface area contributed by atoms with Crippen LogP contribution in [0.5, 0.6) is 0 Å². The van der Waals surface area contributed by atoms with Crippen molar-refractivity contribution in [3.63, 3.8) is 0 Å². The predicted molar refractivity (Wildman–Crippen MR) is 94.3 cm³/mol. The number of rotatable bonds is 3. The molecule has 0 aliphatic rings. The van der Waals surface area contributed by atoms with Gasteiger partial charge in [-0.1, -0.05) is 107 Å². The highest BCUT2D eigenvalue weighted by molar-refractivity contribution is 8.93. The van der Waals surface area contributed by atoms with Crippen molar-refractivity contribution < 1.29 is 0 Å². The molecule has 0 heterocycles. The minimum Gasteiger partial charge on any atom is -0.114 e. The van der Waals surface area contributed by atoms with Crippen molar-refractivity contribution in [2.24, 2.45) is 0 Å². The average Bonchev–Trinajstić information content (AvgIpc) is 2.51. The molecule has 3 aromatic rings. The quantitative estimate of drug-likeness (QED) is 0.650. The lowest BCUT2D eigenvalue weighted by Gasteiger charge is -2.15. The molecule has 0 spiro atoms. The van der Waals surface area contributed by atoms with Crippen LogP contribution in [-0.4, -0.2) is 6.71 Å². The highest BCUT2D eigenvalue weighted by Crippen LogP contribution is 1.95. The summed E-state index contributed by atoms with van der Waals surface area (Å²) < 4.78 is 0. The van der Waals surface area contributed by atoms with Crippen LogP contribution in [0, 0.1) is 0 Å².